The van der Waals surface area contributed by atoms with Crippen molar-refractivity contribution in [2.45, 2.75) is 10.8 Å². The van der Waals surface area contributed by atoms with E-state index in [1.165, 1.54) is 30.3 Å². The van der Waals surface area contributed by atoms with E-state index in [1.807, 2.05) is 30.3 Å². The van der Waals surface area contributed by atoms with Gasteiger partial charge in [0.05, 0.1) is 22.6 Å². The fourth-order valence-corrected chi connectivity index (χ4v) is 4.09. The lowest BCUT2D eigenvalue weighted by molar-refractivity contribution is 0.601. The number of anilines is 1. The van der Waals surface area contributed by atoms with Crippen LogP contribution in [0.4, 0.5) is 5.69 Å². The van der Waals surface area contributed by atoms with Crippen LogP contribution in [0.2, 0.25) is 10.0 Å². The van der Waals surface area contributed by atoms with E-state index in [0.717, 1.165) is 5.56 Å². The van der Waals surface area contributed by atoms with Crippen molar-refractivity contribution in [3.63, 3.8) is 0 Å². The van der Waals surface area contributed by atoms with E-state index < -0.39 is 15.9 Å². The van der Waals surface area contributed by atoms with Crippen LogP contribution < -0.4 is 4.72 Å². The molecule has 0 aromatic heterocycles. The second kappa shape index (κ2) is 8.01. The first-order valence-corrected chi connectivity index (χ1v) is 10.2. The van der Waals surface area contributed by atoms with Crippen molar-refractivity contribution in [1.82, 2.24) is 0 Å². The summed E-state index contributed by atoms with van der Waals surface area (Å²) in [6, 6.07) is 22.1. The zero-order chi connectivity index (χ0) is 19.4. The quantitative estimate of drug-likeness (QED) is 0.600. The van der Waals surface area contributed by atoms with Gasteiger partial charge in [-0.1, -0.05) is 59.6 Å². The third-order valence-electron chi connectivity index (χ3n) is 3.95. The molecule has 136 valence electrons. The Morgan fingerprint density at radius 1 is 0.926 bits per heavy atom. The number of sulfonamides is 1. The van der Waals surface area contributed by atoms with Gasteiger partial charge in [0.1, 0.15) is 0 Å². The zero-order valence-corrected chi connectivity index (χ0v) is 16.3. The Morgan fingerprint density at radius 2 is 1.59 bits per heavy atom. The first-order chi connectivity index (χ1) is 12.9. The molecule has 0 radical (unpaired) electrons. The van der Waals surface area contributed by atoms with Crippen LogP contribution >= 0.6 is 23.2 Å². The molecule has 4 nitrogen and oxygen atoms in total. The fourth-order valence-electron chi connectivity index (χ4n) is 2.62. The van der Waals surface area contributed by atoms with Crippen LogP contribution in [0.25, 0.3) is 0 Å². The zero-order valence-electron chi connectivity index (χ0n) is 13.9. The average molecular weight is 417 g/mol. The van der Waals surface area contributed by atoms with Crippen molar-refractivity contribution < 1.29 is 8.42 Å². The van der Waals surface area contributed by atoms with Gasteiger partial charge in [-0.3, -0.25) is 4.72 Å². The van der Waals surface area contributed by atoms with Gasteiger partial charge < -0.3 is 0 Å². The minimum Gasteiger partial charge on any atom is -0.280 e. The maximum Gasteiger partial charge on any atom is 0.261 e. The van der Waals surface area contributed by atoms with Crippen LogP contribution in [-0.2, 0) is 10.0 Å². The van der Waals surface area contributed by atoms with Crippen molar-refractivity contribution in [1.29, 1.82) is 5.26 Å². The van der Waals surface area contributed by atoms with Crippen molar-refractivity contribution >= 4 is 38.9 Å². The number of nitriles is 1. The van der Waals surface area contributed by atoms with Gasteiger partial charge in [0.2, 0.25) is 0 Å². The molecule has 0 fully saturated rings. The Labute approximate surface area is 168 Å². The molecule has 0 aliphatic heterocycles. The molecule has 1 unspecified atom stereocenters. The summed E-state index contributed by atoms with van der Waals surface area (Å²) in [4.78, 5) is 0.0892. The van der Waals surface area contributed by atoms with Gasteiger partial charge in [0.25, 0.3) is 10.0 Å². The van der Waals surface area contributed by atoms with E-state index in [1.54, 1.807) is 12.1 Å². The highest BCUT2D eigenvalue weighted by Gasteiger charge is 2.19. The minimum absolute atomic E-state index is 0.0892. The molecule has 0 amide bonds. The van der Waals surface area contributed by atoms with Gasteiger partial charge >= 0.3 is 0 Å². The van der Waals surface area contributed by atoms with E-state index in [2.05, 4.69) is 10.8 Å². The smallest absolute Gasteiger partial charge is 0.261 e. The minimum atomic E-state index is -3.77. The third kappa shape index (κ3) is 4.42. The number of rotatable bonds is 5. The van der Waals surface area contributed by atoms with E-state index >= 15 is 0 Å². The molecular weight excluding hydrogens is 403 g/mol. The molecule has 3 rings (SSSR count). The summed E-state index contributed by atoms with van der Waals surface area (Å²) in [6.07, 6.45) is 0. The number of hydrogen-bond donors (Lipinski definition) is 1. The molecule has 0 spiro atoms. The second-order valence-corrected chi connectivity index (χ2v) is 8.29. The van der Waals surface area contributed by atoms with Gasteiger partial charge in [-0.2, -0.15) is 5.26 Å². The summed E-state index contributed by atoms with van der Waals surface area (Å²) in [5, 5.41) is 10.3. The molecule has 0 aliphatic rings. The normalized spacial score (nSPS) is 12.2. The van der Waals surface area contributed by atoms with Gasteiger partial charge in [0, 0.05) is 10.0 Å². The molecule has 0 saturated heterocycles. The molecule has 0 saturated carbocycles. The number of benzene rings is 3. The first kappa shape index (κ1) is 19.2. The monoisotopic (exact) mass is 416 g/mol. The molecule has 7 heteroatoms. The summed E-state index contributed by atoms with van der Waals surface area (Å²) < 4.78 is 27.4. The highest BCUT2D eigenvalue weighted by Crippen LogP contribution is 2.32. The summed E-state index contributed by atoms with van der Waals surface area (Å²) in [5.74, 6) is -0.541. The molecule has 0 heterocycles. The van der Waals surface area contributed by atoms with Crippen LogP contribution in [0.3, 0.4) is 0 Å². The van der Waals surface area contributed by atoms with Gasteiger partial charge in [-0.05, 0) is 47.5 Å². The highest BCUT2D eigenvalue weighted by atomic mass is 35.5. The number of halogens is 2. The van der Waals surface area contributed by atoms with E-state index in [0.29, 0.717) is 21.3 Å². The number of nitrogens with one attached hydrogen (secondary N) is 1. The van der Waals surface area contributed by atoms with Crippen molar-refractivity contribution in [2.75, 3.05) is 4.72 Å². The summed E-state index contributed by atoms with van der Waals surface area (Å²) in [7, 11) is -3.77. The molecule has 27 heavy (non-hydrogen) atoms. The lowest BCUT2D eigenvalue weighted by Gasteiger charge is -2.14. The van der Waals surface area contributed by atoms with Crippen LogP contribution in [0.15, 0.2) is 77.7 Å². The molecule has 3 aromatic carbocycles. The molecule has 0 bridgehead atoms. The SMILES string of the molecule is N#CC(c1ccccc1)c1ccc(NS(=O)(=O)c2ccc(Cl)cc2)cc1Cl. The molecule has 3 aromatic rings. The average Bonchev–Trinajstić information content (AvgIpc) is 2.65. The Balaban J connectivity index is 1.89. The number of hydrogen-bond acceptors (Lipinski definition) is 3. The maximum atomic E-state index is 12.5. The van der Waals surface area contributed by atoms with E-state index in [-0.39, 0.29) is 4.90 Å². The maximum absolute atomic E-state index is 12.5. The lowest BCUT2D eigenvalue weighted by atomic mass is 9.92. The summed E-state index contributed by atoms with van der Waals surface area (Å²) >= 11 is 12.1. The summed E-state index contributed by atoms with van der Waals surface area (Å²) in [5.41, 5.74) is 1.74. The Kier molecular flexibility index (Phi) is 5.71. The highest BCUT2D eigenvalue weighted by molar-refractivity contribution is 7.92. The molecule has 1 atom stereocenters. The van der Waals surface area contributed by atoms with Gasteiger partial charge in [0.15, 0.2) is 0 Å². The van der Waals surface area contributed by atoms with Crippen molar-refractivity contribution in [3.8, 4) is 6.07 Å². The van der Waals surface area contributed by atoms with Crippen LogP contribution in [0, 0.1) is 11.3 Å². The molecular formula is C20H14Cl2N2O2S. The van der Waals surface area contributed by atoms with Crippen LogP contribution in [-0.4, -0.2) is 8.42 Å². The fraction of sp³-hybridized carbons (Fsp3) is 0.0500. The third-order valence-corrected chi connectivity index (χ3v) is 5.93. The predicted octanol–water partition coefficient (Wildman–Crippen LogP) is 5.45. The standard InChI is InChI=1S/C20H14Cl2N2O2S/c21-15-6-9-17(10-7-15)27(25,26)24-16-8-11-18(20(22)12-16)19(13-23)14-4-2-1-3-5-14/h1-12,19,24H. The molecule has 0 aliphatic carbocycles. The Hall–Kier alpha value is -2.52. The Morgan fingerprint density at radius 3 is 2.19 bits per heavy atom. The largest absolute Gasteiger partial charge is 0.280 e. The van der Waals surface area contributed by atoms with Gasteiger partial charge in [-0.25, -0.2) is 8.42 Å². The molecule has 1 N–H and O–H groups in total. The van der Waals surface area contributed by atoms with Crippen LogP contribution in [0.1, 0.15) is 17.0 Å². The first-order valence-electron chi connectivity index (χ1n) is 7.93. The van der Waals surface area contributed by atoms with Crippen LogP contribution in [0.5, 0.6) is 0 Å². The topological polar surface area (TPSA) is 70.0 Å². The van der Waals surface area contributed by atoms with Gasteiger partial charge in [-0.15, -0.1) is 0 Å². The Bertz CT molecular complexity index is 1090. The van der Waals surface area contributed by atoms with E-state index in [9.17, 15) is 13.7 Å². The predicted molar refractivity (Wildman–Crippen MR) is 108 cm³/mol. The summed E-state index contributed by atoms with van der Waals surface area (Å²) in [6.45, 7) is 0. The van der Waals surface area contributed by atoms with E-state index in [4.69, 9.17) is 23.2 Å². The lowest BCUT2D eigenvalue weighted by Crippen LogP contribution is -2.13. The van der Waals surface area contributed by atoms with Crippen molar-refractivity contribution in [3.05, 3.63) is 94.0 Å². The number of nitrogens with zero attached hydrogens (tertiary/aromatic N) is 1. The second-order valence-electron chi connectivity index (χ2n) is 5.77. The van der Waals surface area contributed by atoms with Crippen molar-refractivity contribution in [2.24, 2.45) is 0 Å².